The Bertz CT molecular complexity index is 225. The first-order chi connectivity index (χ1) is 6.47. The Morgan fingerprint density at radius 2 is 1.69 bits per heavy atom. The summed E-state index contributed by atoms with van der Waals surface area (Å²) in [6.07, 6.45) is 15.1. The van der Waals surface area contributed by atoms with Crippen molar-refractivity contribution in [3.8, 4) is 0 Å². The zero-order chi connectivity index (χ0) is 8.93. The molecule has 0 saturated carbocycles. The third-order valence-corrected chi connectivity index (χ3v) is 2.76. The molecule has 0 unspecified atom stereocenters. The van der Waals surface area contributed by atoms with Crippen molar-refractivity contribution in [3.05, 3.63) is 23.7 Å². The molecule has 2 aliphatic rings. The van der Waals surface area contributed by atoms with Gasteiger partial charge >= 0.3 is 0 Å². The van der Waals surface area contributed by atoms with Crippen LogP contribution in [0.2, 0.25) is 0 Å². The SMILES string of the molecule is C1=C/C2=C(CCCCCCCC/1)O2. The molecule has 72 valence electrons. The van der Waals surface area contributed by atoms with Crippen molar-refractivity contribution < 1.29 is 4.74 Å². The third-order valence-electron chi connectivity index (χ3n) is 2.76. The van der Waals surface area contributed by atoms with Crippen LogP contribution in [-0.4, -0.2) is 0 Å². The lowest BCUT2D eigenvalue weighted by Crippen LogP contribution is -1.80. The fourth-order valence-corrected chi connectivity index (χ4v) is 1.85. The lowest BCUT2D eigenvalue weighted by atomic mass is 10.1. The molecule has 0 spiro atoms. The van der Waals surface area contributed by atoms with E-state index in [1.807, 2.05) is 0 Å². The third kappa shape index (κ3) is 2.91. The van der Waals surface area contributed by atoms with Gasteiger partial charge in [0.15, 0.2) is 5.76 Å². The second-order valence-corrected chi connectivity index (χ2v) is 3.95. The van der Waals surface area contributed by atoms with Crippen molar-refractivity contribution in [1.29, 1.82) is 0 Å². The van der Waals surface area contributed by atoms with Crippen LogP contribution in [0.1, 0.15) is 51.4 Å². The first kappa shape index (κ1) is 8.86. The van der Waals surface area contributed by atoms with Gasteiger partial charge in [-0.2, -0.15) is 0 Å². The summed E-state index contributed by atoms with van der Waals surface area (Å²) in [5.74, 6) is 2.40. The molecule has 0 atom stereocenters. The fourth-order valence-electron chi connectivity index (χ4n) is 1.85. The molecule has 13 heavy (non-hydrogen) atoms. The van der Waals surface area contributed by atoms with Gasteiger partial charge in [0.25, 0.3) is 0 Å². The van der Waals surface area contributed by atoms with Crippen LogP contribution in [0.4, 0.5) is 0 Å². The molecular formula is C12H18O. The van der Waals surface area contributed by atoms with Crippen LogP contribution in [0, 0.1) is 0 Å². The van der Waals surface area contributed by atoms with Crippen molar-refractivity contribution in [2.24, 2.45) is 0 Å². The standard InChI is InChI=1S/C12H18O/c1-2-4-6-8-10-12-11(13-12)9-7-5-3-1/h7,9H,1-6,8,10H2/b9-7+. The summed E-state index contributed by atoms with van der Waals surface area (Å²) in [5.41, 5.74) is 0. The van der Waals surface area contributed by atoms with Gasteiger partial charge in [-0.1, -0.05) is 31.8 Å². The molecule has 1 aliphatic heterocycles. The van der Waals surface area contributed by atoms with Crippen LogP contribution in [0.25, 0.3) is 0 Å². The Hall–Kier alpha value is -0.720. The molecular weight excluding hydrogens is 160 g/mol. The van der Waals surface area contributed by atoms with Crippen LogP contribution in [0.5, 0.6) is 0 Å². The van der Waals surface area contributed by atoms with E-state index in [1.165, 1.54) is 57.1 Å². The van der Waals surface area contributed by atoms with Crippen molar-refractivity contribution in [3.63, 3.8) is 0 Å². The molecule has 0 aromatic heterocycles. The highest BCUT2D eigenvalue weighted by molar-refractivity contribution is 5.28. The summed E-state index contributed by atoms with van der Waals surface area (Å²) in [6.45, 7) is 0. The summed E-state index contributed by atoms with van der Waals surface area (Å²) in [6, 6.07) is 0. The maximum atomic E-state index is 5.38. The van der Waals surface area contributed by atoms with E-state index in [0.717, 1.165) is 5.76 Å². The van der Waals surface area contributed by atoms with Gasteiger partial charge in [0.05, 0.1) is 0 Å². The predicted octanol–water partition coefficient (Wildman–Crippen LogP) is 3.92. The molecule has 0 N–H and O–H groups in total. The minimum Gasteiger partial charge on any atom is -0.454 e. The topological polar surface area (TPSA) is 12.5 Å². The number of allylic oxidation sites excluding steroid dienone is 3. The number of hydrogen-bond acceptors (Lipinski definition) is 1. The lowest BCUT2D eigenvalue weighted by Gasteiger charge is -1.98. The summed E-state index contributed by atoms with van der Waals surface area (Å²) in [7, 11) is 0. The number of rotatable bonds is 0. The Balaban J connectivity index is 1.83. The van der Waals surface area contributed by atoms with Gasteiger partial charge in [-0.05, 0) is 25.3 Å². The second kappa shape index (κ2) is 4.50. The van der Waals surface area contributed by atoms with E-state index in [1.54, 1.807) is 0 Å². The van der Waals surface area contributed by atoms with E-state index in [2.05, 4.69) is 12.2 Å². The molecule has 2 rings (SSSR count). The summed E-state index contributed by atoms with van der Waals surface area (Å²) in [4.78, 5) is 0. The molecule has 0 radical (unpaired) electrons. The van der Waals surface area contributed by atoms with Crippen LogP contribution >= 0.6 is 0 Å². The Labute approximate surface area is 80.5 Å². The molecule has 0 bridgehead atoms. The van der Waals surface area contributed by atoms with Crippen molar-refractivity contribution in [1.82, 2.24) is 0 Å². The number of ether oxygens (including phenoxy) is 1. The molecule has 1 nitrogen and oxygen atoms in total. The number of hydrogen-bond donors (Lipinski definition) is 0. The summed E-state index contributed by atoms with van der Waals surface area (Å²) < 4.78 is 5.38. The molecule has 0 fully saturated rings. The molecule has 0 aromatic carbocycles. The van der Waals surface area contributed by atoms with E-state index in [4.69, 9.17) is 4.74 Å². The van der Waals surface area contributed by atoms with Gasteiger partial charge in [-0.15, -0.1) is 0 Å². The van der Waals surface area contributed by atoms with Gasteiger partial charge < -0.3 is 4.74 Å². The molecule has 1 heteroatoms. The monoisotopic (exact) mass is 178 g/mol. The summed E-state index contributed by atoms with van der Waals surface area (Å²) >= 11 is 0. The Morgan fingerprint density at radius 3 is 2.62 bits per heavy atom. The molecule has 1 aliphatic carbocycles. The quantitative estimate of drug-likeness (QED) is 0.547. The van der Waals surface area contributed by atoms with E-state index in [-0.39, 0.29) is 0 Å². The van der Waals surface area contributed by atoms with Gasteiger partial charge in [0, 0.05) is 6.42 Å². The van der Waals surface area contributed by atoms with E-state index < -0.39 is 0 Å². The maximum absolute atomic E-state index is 5.38. The van der Waals surface area contributed by atoms with Crippen molar-refractivity contribution >= 4 is 0 Å². The smallest absolute Gasteiger partial charge is 0.165 e. The van der Waals surface area contributed by atoms with E-state index in [9.17, 15) is 0 Å². The van der Waals surface area contributed by atoms with E-state index in [0.29, 0.717) is 0 Å². The largest absolute Gasteiger partial charge is 0.454 e. The van der Waals surface area contributed by atoms with Crippen molar-refractivity contribution in [2.75, 3.05) is 0 Å². The minimum absolute atomic E-state index is 1.15. The molecule has 0 aromatic rings. The second-order valence-electron chi connectivity index (χ2n) is 3.95. The minimum atomic E-state index is 1.15. The van der Waals surface area contributed by atoms with Gasteiger partial charge in [0.2, 0.25) is 0 Å². The molecule has 1 heterocycles. The van der Waals surface area contributed by atoms with Crippen LogP contribution < -0.4 is 0 Å². The molecule has 0 saturated heterocycles. The first-order valence-corrected chi connectivity index (χ1v) is 5.54. The van der Waals surface area contributed by atoms with E-state index >= 15 is 0 Å². The normalized spacial score (nSPS) is 26.5. The zero-order valence-corrected chi connectivity index (χ0v) is 8.22. The zero-order valence-electron chi connectivity index (χ0n) is 8.22. The predicted molar refractivity (Wildman–Crippen MR) is 54.2 cm³/mol. The van der Waals surface area contributed by atoms with Crippen LogP contribution in [0.15, 0.2) is 23.7 Å². The van der Waals surface area contributed by atoms with Gasteiger partial charge in [-0.3, -0.25) is 0 Å². The first-order valence-electron chi connectivity index (χ1n) is 5.54. The van der Waals surface area contributed by atoms with Gasteiger partial charge in [0.1, 0.15) is 5.76 Å². The van der Waals surface area contributed by atoms with Crippen LogP contribution in [0.3, 0.4) is 0 Å². The van der Waals surface area contributed by atoms with Gasteiger partial charge in [-0.25, -0.2) is 0 Å². The highest BCUT2D eigenvalue weighted by Gasteiger charge is 2.20. The highest BCUT2D eigenvalue weighted by Crippen LogP contribution is 2.32. The average molecular weight is 178 g/mol. The Morgan fingerprint density at radius 1 is 0.923 bits per heavy atom. The lowest BCUT2D eigenvalue weighted by molar-refractivity contribution is 0.455. The summed E-state index contributed by atoms with van der Waals surface area (Å²) in [5, 5.41) is 0. The fraction of sp³-hybridized carbons (Fsp3) is 0.667. The molecule has 0 amide bonds. The van der Waals surface area contributed by atoms with Crippen molar-refractivity contribution in [2.45, 2.75) is 51.4 Å². The average Bonchev–Trinajstić information content (AvgIpc) is 2.83. The van der Waals surface area contributed by atoms with Crippen LogP contribution in [-0.2, 0) is 4.74 Å². The maximum Gasteiger partial charge on any atom is 0.165 e. The Kier molecular flexibility index (Phi) is 3.07. The highest BCUT2D eigenvalue weighted by atomic mass is 16.6.